The first-order chi connectivity index (χ1) is 13.1. The molecule has 1 atom stereocenters. The van der Waals surface area contributed by atoms with Gasteiger partial charge in [-0.15, -0.1) is 0 Å². The predicted octanol–water partition coefficient (Wildman–Crippen LogP) is 2.56. The van der Waals surface area contributed by atoms with Crippen LogP contribution in [0.3, 0.4) is 0 Å². The van der Waals surface area contributed by atoms with E-state index in [2.05, 4.69) is 20.2 Å². The van der Waals surface area contributed by atoms with Crippen molar-refractivity contribution in [2.75, 3.05) is 31.1 Å². The molecule has 1 aliphatic rings. The van der Waals surface area contributed by atoms with Crippen LogP contribution < -0.4 is 10.2 Å². The molecule has 0 radical (unpaired) electrons. The molecule has 140 valence electrons. The average Bonchev–Trinajstić information content (AvgIpc) is 3.06. The van der Waals surface area contributed by atoms with Crippen LogP contribution in [-0.4, -0.2) is 51.6 Å². The summed E-state index contributed by atoms with van der Waals surface area (Å²) in [5.41, 5.74) is 2.01. The standard InChI is InChI=1S/C20H24N6O/c1-15(19-23-16-7-3-4-8-17(16)24(19)2)22-20(27)26-13-11-25(12-14-26)18-9-5-6-10-21-18/h3-10,15H,11-14H2,1-2H3,(H,22,27). The molecule has 7 heteroatoms. The SMILES string of the molecule is CC(NC(=O)N1CCN(c2ccccn2)CC1)c1nc2ccccc2n1C. The number of nitrogens with zero attached hydrogens (tertiary/aromatic N) is 5. The van der Waals surface area contributed by atoms with Gasteiger partial charge in [-0.3, -0.25) is 0 Å². The van der Waals surface area contributed by atoms with E-state index in [4.69, 9.17) is 0 Å². The summed E-state index contributed by atoms with van der Waals surface area (Å²) in [6, 6.07) is 13.7. The molecule has 7 nitrogen and oxygen atoms in total. The third kappa shape index (κ3) is 3.45. The molecule has 3 aromatic rings. The normalized spacial score (nSPS) is 15.8. The maximum atomic E-state index is 12.7. The minimum atomic E-state index is -0.163. The first-order valence-corrected chi connectivity index (χ1v) is 9.26. The number of nitrogens with one attached hydrogen (secondary N) is 1. The van der Waals surface area contributed by atoms with Gasteiger partial charge in [0.05, 0.1) is 17.1 Å². The third-order valence-corrected chi connectivity index (χ3v) is 5.09. The van der Waals surface area contributed by atoms with E-state index < -0.39 is 0 Å². The molecule has 27 heavy (non-hydrogen) atoms. The molecule has 3 heterocycles. The largest absolute Gasteiger partial charge is 0.353 e. The van der Waals surface area contributed by atoms with Crippen molar-refractivity contribution < 1.29 is 4.79 Å². The van der Waals surface area contributed by atoms with Crippen LogP contribution in [0.4, 0.5) is 10.6 Å². The van der Waals surface area contributed by atoms with Crippen LogP contribution in [0.5, 0.6) is 0 Å². The molecule has 1 saturated heterocycles. The maximum Gasteiger partial charge on any atom is 0.318 e. The number of aromatic nitrogens is 3. The van der Waals surface area contributed by atoms with Crippen LogP contribution in [0.25, 0.3) is 11.0 Å². The summed E-state index contributed by atoms with van der Waals surface area (Å²) in [7, 11) is 1.99. The van der Waals surface area contributed by atoms with E-state index in [0.29, 0.717) is 13.1 Å². The Morgan fingerprint density at radius 3 is 2.52 bits per heavy atom. The Hall–Kier alpha value is -3.09. The van der Waals surface area contributed by atoms with Gasteiger partial charge in [-0.1, -0.05) is 18.2 Å². The number of amides is 2. The highest BCUT2D eigenvalue weighted by molar-refractivity contribution is 5.77. The lowest BCUT2D eigenvalue weighted by atomic mass is 10.3. The monoisotopic (exact) mass is 364 g/mol. The number of urea groups is 1. The molecule has 2 aromatic heterocycles. The second-order valence-electron chi connectivity index (χ2n) is 6.85. The molecule has 0 spiro atoms. The second kappa shape index (κ2) is 7.26. The number of carbonyl (C=O) groups is 1. The van der Waals surface area contributed by atoms with Crippen LogP contribution in [0.15, 0.2) is 48.7 Å². The Morgan fingerprint density at radius 1 is 1.07 bits per heavy atom. The quantitative estimate of drug-likeness (QED) is 0.776. The van der Waals surface area contributed by atoms with Crippen molar-refractivity contribution in [3.05, 3.63) is 54.5 Å². The topological polar surface area (TPSA) is 66.3 Å². The average molecular weight is 364 g/mol. The van der Waals surface area contributed by atoms with E-state index in [1.165, 1.54) is 0 Å². The van der Waals surface area contributed by atoms with Gasteiger partial charge in [0.1, 0.15) is 11.6 Å². The fraction of sp³-hybridized carbons (Fsp3) is 0.350. The third-order valence-electron chi connectivity index (χ3n) is 5.09. The van der Waals surface area contributed by atoms with E-state index >= 15 is 0 Å². The minimum Gasteiger partial charge on any atom is -0.353 e. The van der Waals surface area contributed by atoms with Crippen LogP contribution >= 0.6 is 0 Å². The maximum absolute atomic E-state index is 12.7. The number of anilines is 1. The molecule has 1 unspecified atom stereocenters. The number of hydrogen-bond acceptors (Lipinski definition) is 4. The molecule has 0 saturated carbocycles. The van der Waals surface area contributed by atoms with Crippen molar-refractivity contribution in [1.29, 1.82) is 0 Å². The van der Waals surface area contributed by atoms with E-state index in [0.717, 1.165) is 35.8 Å². The summed E-state index contributed by atoms with van der Waals surface area (Å²) < 4.78 is 2.04. The van der Waals surface area contributed by atoms with E-state index in [1.807, 2.05) is 65.9 Å². The number of pyridine rings is 1. The van der Waals surface area contributed by atoms with Crippen molar-refractivity contribution in [3.8, 4) is 0 Å². The molecule has 1 N–H and O–H groups in total. The number of aryl methyl sites for hydroxylation is 1. The lowest BCUT2D eigenvalue weighted by Gasteiger charge is -2.35. The van der Waals surface area contributed by atoms with E-state index in [-0.39, 0.29) is 12.1 Å². The Bertz CT molecular complexity index is 930. The van der Waals surface area contributed by atoms with Gasteiger partial charge < -0.3 is 19.7 Å². The van der Waals surface area contributed by atoms with Gasteiger partial charge in [0.25, 0.3) is 0 Å². The predicted molar refractivity (Wildman–Crippen MR) is 106 cm³/mol. The van der Waals surface area contributed by atoms with Crippen molar-refractivity contribution in [1.82, 2.24) is 24.8 Å². The van der Waals surface area contributed by atoms with Crippen LogP contribution in [0, 0.1) is 0 Å². The van der Waals surface area contributed by atoms with Gasteiger partial charge in [0.15, 0.2) is 0 Å². The smallest absolute Gasteiger partial charge is 0.318 e. The molecular weight excluding hydrogens is 340 g/mol. The number of imidazole rings is 1. The van der Waals surface area contributed by atoms with Crippen molar-refractivity contribution >= 4 is 22.9 Å². The van der Waals surface area contributed by atoms with Crippen molar-refractivity contribution in [3.63, 3.8) is 0 Å². The zero-order valence-corrected chi connectivity index (χ0v) is 15.7. The van der Waals surface area contributed by atoms with E-state index in [1.54, 1.807) is 6.20 Å². The molecule has 1 fully saturated rings. The lowest BCUT2D eigenvalue weighted by Crippen LogP contribution is -2.52. The van der Waals surface area contributed by atoms with Gasteiger partial charge in [-0.05, 0) is 31.2 Å². The first-order valence-electron chi connectivity index (χ1n) is 9.26. The molecule has 4 rings (SSSR count). The van der Waals surface area contributed by atoms with Crippen LogP contribution in [0.1, 0.15) is 18.8 Å². The number of hydrogen-bond donors (Lipinski definition) is 1. The summed E-state index contributed by atoms with van der Waals surface area (Å²) >= 11 is 0. The van der Waals surface area contributed by atoms with Gasteiger partial charge in [-0.2, -0.15) is 0 Å². The zero-order chi connectivity index (χ0) is 18.8. The Labute approximate surface area is 158 Å². The first kappa shape index (κ1) is 17.3. The fourth-order valence-electron chi connectivity index (χ4n) is 3.57. The highest BCUT2D eigenvalue weighted by atomic mass is 16.2. The molecular formula is C20H24N6O. The lowest BCUT2D eigenvalue weighted by molar-refractivity contribution is 0.190. The van der Waals surface area contributed by atoms with Gasteiger partial charge in [0, 0.05) is 39.4 Å². The number of piperazine rings is 1. The summed E-state index contributed by atoms with van der Waals surface area (Å²) in [5.74, 6) is 1.82. The Kier molecular flexibility index (Phi) is 4.66. The van der Waals surface area contributed by atoms with Gasteiger partial charge >= 0.3 is 6.03 Å². The molecule has 1 aromatic carbocycles. The highest BCUT2D eigenvalue weighted by Crippen LogP contribution is 2.19. The number of rotatable bonds is 3. The van der Waals surface area contributed by atoms with Gasteiger partial charge in [0.2, 0.25) is 0 Å². The molecule has 0 bridgehead atoms. The van der Waals surface area contributed by atoms with Crippen LogP contribution in [0.2, 0.25) is 0 Å². The number of benzene rings is 1. The fourth-order valence-corrected chi connectivity index (χ4v) is 3.57. The summed E-state index contributed by atoms with van der Waals surface area (Å²) in [6.07, 6.45) is 1.80. The van der Waals surface area contributed by atoms with Crippen molar-refractivity contribution in [2.45, 2.75) is 13.0 Å². The number of para-hydroxylation sites is 2. The number of fused-ring (bicyclic) bond motifs is 1. The minimum absolute atomic E-state index is 0.0461. The Balaban J connectivity index is 1.38. The van der Waals surface area contributed by atoms with Crippen LogP contribution in [-0.2, 0) is 7.05 Å². The Morgan fingerprint density at radius 2 is 1.81 bits per heavy atom. The summed E-state index contributed by atoms with van der Waals surface area (Å²) in [5, 5.41) is 3.09. The second-order valence-corrected chi connectivity index (χ2v) is 6.85. The van der Waals surface area contributed by atoms with Crippen molar-refractivity contribution in [2.24, 2.45) is 7.05 Å². The number of carbonyl (C=O) groups excluding carboxylic acids is 1. The van der Waals surface area contributed by atoms with Gasteiger partial charge in [-0.25, -0.2) is 14.8 Å². The summed E-state index contributed by atoms with van der Waals surface area (Å²) in [4.78, 5) is 25.8. The molecule has 0 aliphatic carbocycles. The molecule has 1 aliphatic heterocycles. The van der Waals surface area contributed by atoms with E-state index in [9.17, 15) is 4.79 Å². The zero-order valence-electron chi connectivity index (χ0n) is 15.7. The molecule has 2 amide bonds. The summed E-state index contributed by atoms with van der Waals surface area (Å²) in [6.45, 7) is 4.90. The highest BCUT2D eigenvalue weighted by Gasteiger charge is 2.24.